The summed E-state index contributed by atoms with van der Waals surface area (Å²) in [6.07, 6.45) is 8.33. The van der Waals surface area contributed by atoms with Gasteiger partial charge in [0.1, 0.15) is 17.3 Å². The van der Waals surface area contributed by atoms with Crippen molar-refractivity contribution in [2.24, 2.45) is 17.8 Å². The number of rotatable bonds is 4. The van der Waals surface area contributed by atoms with Crippen molar-refractivity contribution < 1.29 is 4.39 Å². The highest BCUT2D eigenvalue weighted by Crippen LogP contribution is 2.46. The molecule has 1 aromatic carbocycles. The van der Waals surface area contributed by atoms with Gasteiger partial charge in [-0.3, -0.25) is 0 Å². The van der Waals surface area contributed by atoms with Crippen molar-refractivity contribution in [3.05, 3.63) is 60.2 Å². The number of nitrogens with zero attached hydrogens (tertiary/aromatic N) is 3. The van der Waals surface area contributed by atoms with Gasteiger partial charge in [-0.25, -0.2) is 19.3 Å². The first kappa shape index (κ1) is 20.3. The quantitative estimate of drug-likeness (QED) is 0.386. The minimum atomic E-state index is -0.372. The fraction of sp³-hybridized carbons (Fsp3) is 0.370. The van der Waals surface area contributed by atoms with Gasteiger partial charge in [-0.1, -0.05) is 30.7 Å². The topological polar surface area (TPSA) is 66.5 Å². The highest BCUT2D eigenvalue weighted by atomic mass is 19.1. The van der Waals surface area contributed by atoms with Crippen LogP contribution in [0.4, 0.5) is 10.2 Å². The standard InChI is InChI=1S/C27H28FN5/c1-15-4-3-5-19(10-15)23-12-24(32-25-16(2)17-6-8-18(25)9-7-17)33-27(31-23)22-14-30-26-21(22)11-20(28)13-29-26/h3-5,10-14,16-18,25H,6-9H2,1-2H3,(H,29,30)(H,31,32,33). The van der Waals surface area contributed by atoms with Crippen LogP contribution < -0.4 is 5.32 Å². The number of fused-ring (bicyclic) bond motifs is 4. The maximum atomic E-state index is 14.0. The molecule has 2 N–H and O–H groups in total. The summed E-state index contributed by atoms with van der Waals surface area (Å²) in [4.78, 5) is 17.1. The number of hydrogen-bond acceptors (Lipinski definition) is 4. The molecule has 6 heteroatoms. The third-order valence-corrected chi connectivity index (χ3v) is 7.73. The van der Waals surface area contributed by atoms with Crippen molar-refractivity contribution in [3.8, 4) is 22.6 Å². The molecule has 2 unspecified atom stereocenters. The van der Waals surface area contributed by atoms with Gasteiger partial charge in [-0.05, 0) is 62.5 Å². The van der Waals surface area contributed by atoms with Crippen LogP contribution in [0.25, 0.3) is 33.7 Å². The largest absolute Gasteiger partial charge is 0.367 e. The molecule has 2 bridgehead atoms. The third-order valence-electron chi connectivity index (χ3n) is 7.73. The molecule has 0 amide bonds. The van der Waals surface area contributed by atoms with E-state index in [4.69, 9.17) is 9.97 Å². The summed E-state index contributed by atoms with van der Waals surface area (Å²) in [5.74, 6) is 3.15. The molecular weight excluding hydrogens is 413 g/mol. The predicted octanol–water partition coefficient (Wildman–Crippen LogP) is 6.37. The molecule has 2 atom stereocenters. The van der Waals surface area contributed by atoms with Gasteiger partial charge in [0.2, 0.25) is 0 Å². The molecule has 7 rings (SSSR count). The SMILES string of the molecule is Cc1cccc(-c2cc(NC3C4CCC(CC4)C3C)nc(-c3c[nH]c4ncc(F)cc34)n2)c1. The summed E-state index contributed by atoms with van der Waals surface area (Å²) in [5.41, 5.74) is 4.47. The number of halogens is 1. The zero-order chi connectivity index (χ0) is 22.5. The molecule has 5 nitrogen and oxygen atoms in total. The summed E-state index contributed by atoms with van der Waals surface area (Å²) in [7, 11) is 0. The number of anilines is 1. The molecule has 0 radical (unpaired) electrons. The van der Waals surface area contributed by atoms with Crippen LogP contribution in [-0.4, -0.2) is 26.0 Å². The molecule has 3 aliphatic carbocycles. The van der Waals surface area contributed by atoms with Crippen molar-refractivity contribution in [1.29, 1.82) is 0 Å². The lowest BCUT2D eigenvalue weighted by Crippen LogP contribution is -2.47. The van der Waals surface area contributed by atoms with E-state index in [1.165, 1.54) is 43.5 Å². The summed E-state index contributed by atoms with van der Waals surface area (Å²) >= 11 is 0. The molecule has 0 spiro atoms. The normalized spacial score (nSPS) is 24.3. The van der Waals surface area contributed by atoms with Crippen LogP contribution in [0.15, 0.2) is 48.8 Å². The van der Waals surface area contributed by atoms with Crippen molar-refractivity contribution in [3.63, 3.8) is 0 Å². The number of aryl methyl sites for hydroxylation is 1. The third kappa shape index (κ3) is 3.67. The van der Waals surface area contributed by atoms with Gasteiger partial charge >= 0.3 is 0 Å². The number of nitrogens with one attached hydrogen (secondary N) is 2. The molecule has 3 saturated carbocycles. The van der Waals surface area contributed by atoms with Gasteiger partial charge in [0, 0.05) is 34.8 Å². The smallest absolute Gasteiger partial charge is 0.164 e. The van der Waals surface area contributed by atoms with Gasteiger partial charge in [0.25, 0.3) is 0 Å². The Kier molecular flexibility index (Phi) is 4.89. The first-order valence-electron chi connectivity index (χ1n) is 11.9. The Balaban J connectivity index is 1.46. The Labute approximate surface area is 192 Å². The van der Waals surface area contributed by atoms with Crippen molar-refractivity contribution >= 4 is 16.9 Å². The monoisotopic (exact) mass is 441 g/mol. The van der Waals surface area contributed by atoms with E-state index in [0.717, 1.165) is 28.6 Å². The molecule has 4 aromatic rings. The summed E-state index contributed by atoms with van der Waals surface area (Å²) in [6.45, 7) is 4.46. The Morgan fingerprint density at radius 3 is 2.64 bits per heavy atom. The number of benzene rings is 1. The molecule has 3 aromatic heterocycles. The molecular formula is C27H28FN5. The maximum absolute atomic E-state index is 14.0. The van der Waals surface area contributed by atoms with Crippen molar-refractivity contribution in [1.82, 2.24) is 19.9 Å². The zero-order valence-electron chi connectivity index (χ0n) is 19.0. The predicted molar refractivity (Wildman–Crippen MR) is 129 cm³/mol. The average molecular weight is 442 g/mol. The lowest BCUT2D eigenvalue weighted by Gasteiger charge is -2.47. The first-order valence-corrected chi connectivity index (χ1v) is 11.9. The van der Waals surface area contributed by atoms with Crippen LogP contribution in [-0.2, 0) is 0 Å². The number of aromatic nitrogens is 4. The van der Waals surface area contributed by atoms with Gasteiger partial charge in [0.05, 0.1) is 11.9 Å². The number of hydrogen-bond donors (Lipinski definition) is 2. The highest BCUT2D eigenvalue weighted by molar-refractivity contribution is 5.92. The second kappa shape index (κ2) is 7.94. The van der Waals surface area contributed by atoms with Crippen LogP contribution in [0.3, 0.4) is 0 Å². The van der Waals surface area contributed by atoms with E-state index in [0.29, 0.717) is 34.7 Å². The second-order valence-electron chi connectivity index (χ2n) is 9.79. The van der Waals surface area contributed by atoms with Crippen LogP contribution >= 0.6 is 0 Å². The molecule has 168 valence electrons. The maximum Gasteiger partial charge on any atom is 0.164 e. The van der Waals surface area contributed by atoms with E-state index in [-0.39, 0.29) is 5.82 Å². The minimum absolute atomic E-state index is 0.372. The lowest BCUT2D eigenvalue weighted by molar-refractivity contribution is 0.0928. The van der Waals surface area contributed by atoms with E-state index in [2.05, 4.69) is 53.4 Å². The first-order chi connectivity index (χ1) is 16.0. The van der Waals surface area contributed by atoms with E-state index in [9.17, 15) is 4.39 Å². The van der Waals surface area contributed by atoms with Crippen LogP contribution in [0.5, 0.6) is 0 Å². The summed E-state index contributed by atoms with van der Waals surface area (Å²) in [5, 5.41) is 4.49. The van der Waals surface area contributed by atoms with Crippen LogP contribution in [0, 0.1) is 30.5 Å². The van der Waals surface area contributed by atoms with Crippen LogP contribution in [0.1, 0.15) is 38.2 Å². The highest BCUT2D eigenvalue weighted by Gasteiger charge is 2.41. The van der Waals surface area contributed by atoms with E-state index >= 15 is 0 Å². The fourth-order valence-electron chi connectivity index (χ4n) is 5.93. The second-order valence-corrected chi connectivity index (χ2v) is 9.79. The molecule has 3 aliphatic rings. The van der Waals surface area contributed by atoms with Gasteiger partial charge < -0.3 is 10.3 Å². The van der Waals surface area contributed by atoms with Crippen molar-refractivity contribution in [2.75, 3.05) is 5.32 Å². The molecule has 0 saturated heterocycles. The van der Waals surface area contributed by atoms with Gasteiger partial charge in [0.15, 0.2) is 5.82 Å². The molecule has 0 aliphatic heterocycles. The zero-order valence-corrected chi connectivity index (χ0v) is 19.0. The Bertz CT molecular complexity index is 1320. The average Bonchev–Trinajstić information content (AvgIpc) is 3.24. The Morgan fingerprint density at radius 2 is 1.85 bits per heavy atom. The Morgan fingerprint density at radius 1 is 1.03 bits per heavy atom. The summed E-state index contributed by atoms with van der Waals surface area (Å²) in [6, 6.07) is 12.3. The number of aromatic amines is 1. The van der Waals surface area contributed by atoms with E-state index < -0.39 is 0 Å². The van der Waals surface area contributed by atoms with Gasteiger partial charge in [-0.15, -0.1) is 0 Å². The molecule has 33 heavy (non-hydrogen) atoms. The molecule has 3 heterocycles. The summed E-state index contributed by atoms with van der Waals surface area (Å²) < 4.78 is 14.0. The van der Waals surface area contributed by atoms with Crippen LogP contribution in [0.2, 0.25) is 0 Å². The number of H-pyrrole nitrogens is 1. The Hall–Kier alpha value is -3.28. The fourth-order valence-corrected chi connectivity index (χ4v) is 5.93. The number of pyridine rings is 1. The van der Waals surface area contributed by atoms with E-state index in [1.807, 2.05) is 12.3 Å². The molecule has 3 fully saturated rings. The lowest BCUT2D eigenvalue weighted by atomic mass is 9.62. The van der Waals surface area contributed by atoms with Crippen molar-refractivity contribution in [2.45, 2.75) is 45.6 Å². The minimum Gasteiger partial charge on any atom is -0.367 e. The van der Waals surface area contributed by atoms with Gasteiger partial charge in [-0.2, -0.15) is 0 Å². The van der Waals surface area contributed by atoms with E-state index in [1.54, 1.807) is 0 Å².